The molecule has 0 atom stereocenters. The van der Waals surface area contributed by atoms with Gasteiger partial charge in [-0.25, -0.2) is 4.98 Å². The second-order valence-corrected chi connectivity index (χ2v) is 6.43. The van der Waals surface area contributed by atoms with Crippen molar-refractivity contribution < 1.29 is 4.74 Å². The van der Waals surface area contributed by atoms with E-state index in [0.717, 1.165) is 66.2 Å². The Morgan fingerprint density at radius 2 is 1.83 bits per heavy atom. The summed E-state index contributed by atoms with van der Waals surface area (Å²) in [6.07, 6.45) is 1.94. The molecule has 2 N–H and O–H groups in total. The molecule has 0 spiro atoms. The molecule has 0 amide bonds. The highest BCUT2D eigenvalue weighted by Gasteiger charge is 2.19. The van der Waals surface area contributed by atoms with Gasteiger partial charge in [-0.15, -0.1) is 0 Å². The summed E-state index contributed by atoms with van der Waals surface area (Å²) in [5.41, 5.74) is 10.8. The Bertz CT molecular complexity index is 853. The van der Waals surface area contributed by atoms with Crippen molar-refractivity contribution in [3.05, 3.63) is 53.3 Å². The first-order chi connectivity index (χ1) is 11.7. The van der Waals surface area contributed by atoms with Gasteiger partial charge in [0.2, 0.25) is 0 Å². The first-order valence-electron chi connectivity index (χ1n) is 8.03. The van der Waals surface area contributed by atoms with Gasteiger partial charge >= 0.3 is 0 Å². The third-order valence-electron chi connectivity index (χ3n) is 4.34. The largest absolute Gasteiger partial charge is 0.398 e. The number of halogens is 1. The standard InChI is InChI=1S/C18H19ClN4O/c19-14-3-1-13(2-4-14)18-16(12-22-7-9-24-10-8-22)23-11-15(20)5-6-17(23)21-18/h1-6,11H,7-10,12,20H2. The van der Waals surface area contributed by atoms with E-state index < -0.39 is 0 Å². The topological polar surface area (TPSA) is 55.8 Å². The van der Waals surface area contributed by atoms with Crippen LogP contribution in [0.1, 0.15) is 5.69 Å². The monoisotopic (exact) mass is 342 g/mol. The molecule has 24 heavy (non-hydrogen) atoms. The minimum absolute atomic E-state index is 0.724. The zero-order valence-electron chi connectivity index (χ0n) is 13.3. The molecule has 3 heterocycles. The number of nitrogens with two attached hydrogens (primary N) is 1. The number of ether oxygens (including phenoxy) is 1. The lowest BCUT2D eigenvalue weighted by molar-refractivity contribution is 0.0336. The summed E-state index contributed by atoms with van der Waals surface area (Å²) < 4.78 is 7.55. The molecule has 3 aromatic rings. The highest BCUT2D eigenvalue weighted by molar-refractivity contribution is 6.30. The van der Waals surface area contributed by atoms with Crippen LogP contribution in [0.5, 0.6) is 0 Å². The molecule has 1 fully saturated rings. The minimum atomic E-state index is 0.724. The van der Waals surface area contributed by atoms with Crippen LogP contribution < -0.4 is 5.73 Å². The number of pyridine rings is 1. The average Bonchev–Trinajstić information content (AvgIpc) is 2.94. The van der Waals surface area contributed by atoms with Gasteiger partial charge in [-0.2, -0.15) is 0 Å². The minimum Gasteiger partial charge on any atom is -0.398 e. The molecule has 4 rings (SSSR count). The Morgan fingerprint density at radius 1 is 1.08 bits per heavy atom. The van der Waals surface area contributed by atoms with Crippen LogP contribution in [-0.4, -0.2) is 40.6 Å². The van der Waals surface area contributed by atoms with Gasteiger partial charge in [0, 0.05) is 42.1 Å². The molecular formula is C18H19ClN4O. The second-order valence-electron chi connectivity index (χ2n) is 5.99. The lowest BCUT2D eigenvalue weighted by Gasteiger charge is -2.26. The summed E-state index contributed by atoms with van der Waals surface area (Å²) in [4.78, 5) is 7.21. The van der Waals surface area contributed by atoms with Gasteiger partial charge in [-0.05, 0) is 24.3 Å². The van der Waals surface area contributed by atoms with Gasteiger partial charge in [0.15, 0.2) is 0 Å². The maximum Gasteiger partial charge on any atom is 0.137 e. The molecule has 0 bridgehead atoms. The van der Waals surface area contributed by atoms with Crippen molar-refractivity contribution >= 4 is 22.9 Å². The number of hydrogen-bond donors (Lipinski definition) is 1. The number of imidazole rings is 1. The average molecular weight is 343 g/mol. The van der Waals surface area contributed by atoms with Crippen LogP contribution in [0.25, 0.3) is 16.9 Å². The first-order valence-corrected chi connectivity index (χ1v) is 8.41. The fourth-order valence-corrected chi connectivity index (χ4v) is 3.20. The number of fused-ring (bicyclic) bond motifs is 1. The number of hydrogen-bond acceptors (Lipinski definition) is 4. The van der Waals surface area contributed by atoms with E-state index in [0.29, 0.717) is 0 Å². The molecule has 2 aromatic heterocycles. The lowest BCUT2D eigenvalue weighted by Crippen LogP contribution is -2.36. The summed E-state index contributed by atoms with van der Waals surface area (Å²) in [5, 5.41) is 0.724. The molecule has 0 radical (unpaired) electrons. The molecule has 0 aliphatic carbocycles. The SMILES string of the molecule is Nc1ccc2nc(-c3ccc(Cl)cc3)c(CN3CCOCC3)n2c1. The number of anilines is 1. The maximum absolute atomic E-state index is 6.03. The summed E-state index contributed by atoms with van der Waals surface area (Å²) in [5.74, 6) is 0. The number of rotatable bonds is 3. The van der Waals surface area contributed by atoms with Crippen LogP contribution in [0.2, 0.25) is 5.02 Å². The number of nitrogens with zero attached hydrogens (tertiary/aromatic N) is 3. The Morgan fingerprint density at radius 3 is 2.58 bits per heavy atom. The molecule has 1 aliphatic rings. The van der Waals surface area contributed by atoms with Crippen LogP contribution in [0.3, 0.4) is 0 Å². The molecule has 1 aromatic carbocycles. The summed E-state index contributed by atoms with van der Waals surface area (Å²) in [7, 11) is 0. The van der Waals surface area contributed by atoms with Crippen LogP contribution in [0.15, 0.2) is 42.6 Å². The maximum atomic E-state index is 6.03. The van der Waals surface area contributed by atoms with E-state index in [9.17, 15) is 0 Å². The van der Waals surface area contributed by atoms with E-state index in [1.54, 1.807) is 0 Å². The number of morpholine rings is 1. The van der Waals surface area contributed by atoms with E-state index in [-0.39, 0.29) is 0 Å². The van der Waals surface area contributed by atoms with Crippen molar-refractivity contribution in [1.29, 1.82) is 0 Å². The number of aromatic nitrogens is 2. The van der Waals surface area contributed by atoms with Crippen LogP contribution in [0, 0.1) is 0 Å². The second kappa shape index (κ2) is 6.43. The van der Waals surface area contributed by atoms with Gasteiger partial charge in [0.05, 0.1) is 24.6 Å². The zero-order valence-corrected chi connectivity index (χ0v) is 14.0. The zero-order chi connectivity index (χ0) is 16.5. The molecule has 1 aliphatic heterocycles. The fraction of sp³-hybridized carbons (Fsp3) is 0.278. The van der Waals surface area contributed by atoms with Crippen molar-refractivity contribution in [1.82, 2.24) is 14.3 Å². The Kier molecular flexibility index (Phi) is 4.14. The molecule has 5 nitrogen and oxygen atoms in total. The highest BCUT2D eigenvalue weighted by atomic mass is 35.5. The fourth-order valence-electron chi connectivity index (χ4n) is 3.07. The van der Waals surface area contributed by atoms with E-state index in [1.165, 1.54) is 0 Å². The Hall–Kier alpha value is -2.08. The smallest absolute Gasteiger partial charge is 0.137 e. The normalized spacial score (nSPS) is 15.9. The Labute approximate surface area is 145 Å². The van der Waals surface area contributed by atoms with Gasteiger partial charge < -0.3 is 14.9 Å². The molecule has 0 saturated carbocycles. The lowest BCUT2D eigenvalue weighted by atomic mass is 10.1. The molecular weight excluding hydrogens is 324 g/mol. The van der Waals surface area contributed by atoms with Crippen LogP contribution in [0.4, 0.5) is 5.69 Å². The van der Waals surface area contributed by atoms with Gasteiger partial charge in [0.25, 0.3) is 0 Å². The van der Waals surface area contributed by atoms with Gasteiger partial charge in [-0.1, -0.05) is 23.7 Å². The third kappa shape index (κ3) is 2.98. The van der Waals surface area contributed by atoms with Crippen molar-refractivity contribution in [2.45, 2.75) is 6.54 Å². The summed E-state index contributed by atoms with van der Waals surface area (Å²) in [6.45, 7) is 4.21. The van der Waals surface area contributed by atoms with E-state index in [2.05, 4.69) is 9.30 Å². The quantitative estimate of drug-likeness (QED) is 0.794. The third-order valence-corrected chi connectivity index (χ3v) is 4.59. The van der Waals surface area contributed by atoms with E-state index in [1.807, 2.05) is 42.6 Å². The van der Waals surface area contributed by atoms with Crippen molar-refractivity contribution in [2.24, 2.45) is 0 Å². The van der Waals surface area contributed by atoms with Gasteiger partial charge in [-0.3, -0.25) is 4.90 Å². The Balaban J connectivity index is 1.81. The number of benzene rings is 1. The number of nitrogen functional groups attached to an aromatic ring is 1. The van der Waals surface area contributed by atoms with Crippen LogP contribution >= 0.6 is 11.6 Å². The molecule has 1 saturated heterocycles. The highest BCUT2D eigenvalue weighted by Crippen LogP contribution is 2.27. The predicted octanol–water partition coefficient (Wildman–Crippen LogP) is 3.07. The van der Waals surface area contributed by atoms with Crippen molar-refractivity contribution in [2.75, 3.05) is 32.0 Å². The molecule has 0 unspecified atom stereocenters. The van der Waals surface area contributed by atoms with Gasteiger partial charge in [0.1, 0.15) is 5.65 Å². The molecule has 124 valence electrons. The molecule has 6 heteroatoms. The van der Waals surface area contributed by atoms with Crippen molar-refractivity contribution in [3.63, 3.8) is 0 Å². The van der Waals surface area contributed by atoms with Crippen molar-refractivity contribution in [3.8, 4) is 11.3 Å². The summed E-state index contributed by atoms with van der Waals surface area (Å²) in [6, 6.07) is 11.7. The first kappa shape index (κ1) is 15.4. The van der Waals surface area contributed by atoms with E-state index in [4.69, 9.17) is 27.1 Å². The van der Waals surface area contributed by atoms with Crippen LogP contribution in [-0.2, 0) is 11.3 Å². The van der Waals surface area contributed by atoms with E-state index >= 15 is 0 Å². The predicted molar refractivity (Wildman–Crippen MR) is 96.1 cm³/mol. The summed E-state index contributed by atoms with van der Waals surface area (Å²) >= 11 is 6.03.